The minimum absolute atomic E-state index is 0.149. The van der Waals surface area contributed by atoms with Crippen LogP contribution >= 0.6 is 11.3 Å². The Morgan fingerprint density at radius 2 is 1.96 bits per heavy atom. The highest BCUT2D eigenvalue weighted by Gasteiger charge is 2.27. The lowest BCUT2D eigenvalue weighted by atomic mass is 10.1. The number of ether oxygens (including phenoxy) is 1. The highest BCUT2D eigenvalue weighted by molar-refractivity contribution is 7.14. The lowest BCUT2D eigenvalue weighted by Crippen LogP contribution is -2.41. The number of piperidine rings is 1. The van der Waals surface area contributed by atoms with E-state index >= 15 is 0 Å². The van der Waals surface area contributed by atoms with Gasteiger partial charge in [0.1, 0.15) is 11.9 Å². The Bertz CT molecular complexity index is 843. The quantitative estimate of drug-likeness (QED) is 0.763. The molecule has 2 aromatic rings. The van der Waals surface area contributed by atoms with Crippen molar-refractivity contribution in [2.45, 2.75) is 51.8 Å². The molecular weight excluding hydrogens is 375 g/mol. The van der Waals surface area contributed by atoms with Gasteiger partial charge in [0.2, 0.25) is 0 Å². The Kier molecular flexibility index (Phi) is 5.69. The van der Waals surface area contributed by atoms with Crippen molar-refractivity contribution in [2.75, 3.05) is 19.6 Å². The van der Waals surface area contributed by atoms with Gasteiger partial charge in [0.25, 0.3) is 5.91 Å². The van der Waals surface area contributed by atoms with E-state index in [2.05, 4.69) is 24.8 Å². The maximum Gasteiger partial charge on any atom is 0.257 e. The molecule has 0 atom stereocenters. The van der Waals surface area contributed by atoms with Crippen LogP contribution in [0.5, 0.6) is 5.06 Å². The van der Waals surface area contributed by atoms with E-state index in [0.29, 0.717) is 19.1 Å². The van der Waals surface area contributed by atoms with Gasteiger partial charge in [-0.3, -0.25) is 4.79 Å². The molecule has 0 spiro atoms. The van der Waals surface area contributed by atoms with E-state index < -0.39 is 5.82 Å². The molecule has 1 saturated heterocycles. The molecule has 1 aromatic carbocycles. The minimum Gasteiger partial charge on any atom is -0.481 e. The number of carbonyl (C=O) groups excluding carboxylic acids is 1. The number of halogens is 1. The van der Waals surface area contributed by atoms with Crippen molar-refractivity contribution in [3.8, 4) is 5.06 Å². The minimum atomic E-state index is -0.457. The Hall–Kier alpha value is -1.92. The fourth-order valence-electron chi connectivity index (χ4n) is 4.00. The number of likely N-dealkylation sites (tertiary alicyclic amines) is 1. The number of nitrogens with zero attached hydrogens (tertiary/aromatic N) is 2. The first-order valence-corrected chi connectivity index (χ1v) is 10.9. The molecule has 28 heavy (non-hydrogen) atoms. The van der Waals surface area contributed by atoms with Gasteiger partial charge in [0, 0.05) is 30.6 Å². The Balaban J connectivity index is 1.39. The molecule has 0 aliphatic carbocycles. The van der Waals surface area contributed by atoms with Crippen molar-refractivity contribution in [3.63, 3.8) is 0 Å². The summed E-state index contributed by atoms with van der Waals surface area (Å²) >= 11 is 1.63. The molecule has 4 nitrogen and oxygen atoms in total. The molecule has 2 aliphatic rings. The van der Waals surface area contributed by atoms with Crippen LogP contribution in [0.15, 0.2) is 30.3 Å². The van der Waals surface area contributed by atoms with Gasteiger partial charge in [0.05, 0.1) is 12.1 Å². The first kappa shape index (κ1) is 19.4. The highest BCUT2D eigenvalue weighted by atomic mass is 32.1. The molecule has 6 heteroatoms. The van der Waals surface area contributed by atoms with Crippen LogP contribution < -0.4 is 4.74 Å². The summed E-state index contributed by atoms with van der Waals surface area (Å²) in [5.74, 6) is -0.693. The molecule has 150 valence electrons. The van der Waals surface area contributed by atoms with Gasteiger partial charge in [-0.2, -0.15) is 0 Å². The predicted molar refractivity (Wildman–Crippen MR) is 110 cm³/mol. The molecule has 0 unspecified atom stereocenters. The zero-order valence-electron chi connectivity index (χ0n) is 16.5. The number of hydrogen-bond acceptors (Lipinski definition) is 4. The Labute approximate surface area is 169 Å². The van der Waals surface area contributed by atoms with Gasteiger partial charge >= 0.3 is 0 Å². The molecule has 1 fully saturated rings. The fourth-order valence-corrected chi connectivity index (χ4v) is 5.14. The van der Waals surface area contributed by atoms with Crippen molar-refractivity contribution in [1.82, 2.24) is 9.80 Å². The summed E-state index contributed by atoms with van der Waals surface area (Å²) in [6.45, 7) is 7.79. The third kappa shape index (κ3) is 4.08. The first-order valence-electron chi connectivity index (χ1n) is 10.1. The van der Waals surface area contributed by atoms with E-state index in [1.807, 2.05) is 0 Å². The van der Waals surface area contributed by atoms with Gasteiger partial charge in [0.15, 0.2) is 5.06 Å². The van der Waals surface area contributed by atoms with Crippen LogP contribution in [0.2, 0.25) is 0 Å². The summed E-state index contributed by atoms with van der Waals surface area (Å²) in [6, 6.07) is 8.93. The Morgan fingerprint density at radius 1 is 1.21 bits per heavy atom. The van der Waals surface area contributed by atoms with E-state index in [0.717, 1.165) is 42.3 Å². The summed E-state index contributed by atoms with van der Waals surface area (Å²) in [4.78, 5) is 18.1. The zero-order chi connectivity index (χ0) is 19.7. The summed E-state index contributed by atoms with van der Waals surface area (Å²) in [7, 11) is 0. The van der Waals surface area contributed by atoms with E-state index in [4.69, 9.17) is 4.74 Å². The van der Waals surface area contributed by atoms with Gasteiger partial charge in [-0.15, -0.1) is 11.3 Å². The second-order valence-electron chi connectivity index (χ2n) is 7.92. The van der Waals surface area contributed by atoms with Crippen LogP contribution in [0.3, 0.4) is 0 Å². The van der Waals surface area contributed by atoms with Gasteiger partial charge in [-0.25, -0.2) is 4.39 Å². The Morgan fingerprint density at radius 3 is 2.68 bits per heavy atom. The maximum atomic E-state index is 14.0. The van der Waals surface area contributed by atoms with Crippen molar-refractivity contribution >= 4 is 17.2 Å². The number of rotatable bonds is 4. The van der Waals surface area contributed by atoms with Crippen LogP contribution in [0, 0.1) is 5.82 Å². The highest BCUT2D eigenvalue weighted by Crippen LogP contribution is 2.35. The number of benzene rings is 1. The van der Waals surface area contributed by atoms with E-state index in [-0.39, 0.29) is 17.6 Å². The lowest BCUT2D eigenvalue weighted by molar-refractivity contribution is 0.0732. The molecular formula is C22H27FN2O2S. The third-order valence-corrected chi connectivity index (χ3v) is 6.79. The molecule has 1 amide bonds. The van der Waals surface area contributed by atoms with Crippen molar-refractivity contribution in [3.05, 3.63) is 52.2 Å². The number of carbonyl (C=O) groups is 1. The number of hydrogen-bond donors (Lipinski definition) is 0. The van der Waals surface area contributed by atoms with Crippen LogP contribution in [0.1, 0.15) is 47.5 Å². The molecule has 1 aromatic heterocycles. The van der Waals surface area contributed by atoms with Crippen LogP contribution in [0.25, 0.3) is 0 Å². The summed E-state index contributed by atoms with van der Waals surface area (Å²) in [6.07, 6.45) is 3.17. The predicted octanol–water partition coefficient (Wildman–Crippen LogP) is 4.34. The first-order chi connectivity index (χ1) is 13.5. The summed E-state index contributed by atoms with van der Waals surface area (Å²) in [5, 5.41) is 0.952. The molecule has 4 rings (SSSR count). The number of amides is 1. The average molecular weight is 403 g/mol. The van der Waals surface area contributed by atoms with E-state index in [1.54, 1.807) is 34.4 Å². The normalized spacial score (nSPS) is 18.4. The molecule has 0 N–H and O–H groups in total. The van der Waals surface area contributed by atoms with Gasteiger partial charge in [-0.05, 0) is 56.9 Å². The molecule has 0 saturated carbocycles. The largest absolute Gasteiger partial charge is 0.481 e. The fraction of sp³-hybridized carbons (Fsp3) is 0.500. The zero-order valence-corrected chi connectivity index (χ0v) is 17.3. The van der Waals surface area contributed by atoms with Gasteiger partial charge in [-0.1, -0.05) is 12.1 Å². The molecule has 3 heterocycles. The van der Waals surface area contributed by atoms with Crippen molar-refractivity contribution in [1.29, 1.82) is 0 Å². The van der Waals surface area contributed by atoms with E-state index in [1.165, 1.54) is 11.6 Å². The lowest BCUT2D eigenvalue weighted by Gasteiger charge is -2.34. The number of thiophene rings is 1. The van der Waals surface area contributed by atoms with E-state index in [9.17, 15) is 9.18 Å². The monoisotopic (exact) mass is 402 g/mol. The SMILES string of the molecule is CC(C)N1CCC(Oc2cc3c(s2)CN(C(=O)c2ccccc2F)CC3)CC1. The topological polar surface area (TPSA) is 32.8 Å². The van der Waals surface area contributed by atoms with Crippen LogP contribution in [-0.4, -0.2) is 47.5 Å². The standard InChI is InChI=1S/C22H27FN2O2S/c1-15(2)24-11-8-17(9-12-24)27-21-13-16-7-10-25(14-20(16)28-21)22(26)18-5-3-4-6-19(18)23/h3-6,13,15,17H,7-12,14H2,1-2H3. The molecule has 2 aliphatic heterocycles. The summed E-state index contributed by atoms with van der Waals surface area (Å²) in [5.41, 5.74) is 1.41. The van der Waals surface area contributed by atoms with Crippen molar-refractivity contribution in [2.24, 2.45) is 0 Å². The van der Waals surface area contributed by atoms with Crippen molar-refractivity contribution < 1.29 is 13.9 Å². The molecule has 0 bridgehead atoms. The smallest absolute Gasteiger partial charge is 0.257 e. The average Bonchev–Trinajstić information content (AvgIpc) is 3.09. The molecule has 0 radical (unpaired) electrons. The number of fused-ring (bicyclic) bond motifs is 1. The summed E-state index contributed by atoms with van der Waals surface area (Å²) < 4.78 is 20.2. The maximum absolute atomic E-state index is 14.0. The van der Waals surface area contributed by atoms with Gasteiger partial charge < -0.3 is 14.5 Å². The third-order valence-electron chi connectivity index (χ3n) is 5.74. The second-order valence-corrected chi connectivity index (χ2v) is 9.02. The second kappa shape index (κ2) is 8.21. The van der Waals surface area contributed by atoms with Crippen LogP contribution in [0.4, 0.5) is 4.39 Å². The van der Waals surface area contributed by atoms with Crippen LogP contribution in [-0.2, 0) is 13.0 Å².